The van der Waals surface area contributed by atoms with Crippen LogP contribution < -0.4 is 5.73 Å². The van der Waals surface area contributed by atoms with E-state index >= 15 is 0 Å². The number of amides is 1. The van der Waals surface area contributed by atoms with Crippen molar-refractivity contribution in [1.82, 2.24) is 4.90 Å². The van der Waals surface area contributed by atoms with Crippen molar-refractivity contribution in [3.63, 3.8) is 0 Å². The summed E-state index contributed by atoms with van der Waals surface area (Å²) < 4.78 is 13.0. The molecule has 104 valence electrons. The number of carbonyl (C=O) groups is 1. The SMILES string of the molecule is CCN(CC(C)C(N)=S)C(=O)c1ccc(F)cc1Cl. The van der Waals surface area contributed by atoms with Crippen LogP contribution >= 0.6 is 23.8 Å². The van der Waals surface area contributed by atoms with Crippen LogP contribution in [0.4, 0.5) is 4.39 Å². The van der Waals surface area contributed by atoms with Crippen molar-refractivity contribution in [1.29, 1.82) is 0 Å². The Balaban J connectivity index is 2.92. The molecule has 0 radical (unpaired) electrons. The van der Waals surface area contributed by atoms with Crippen molar-refractivity contribution >= 4 is 34.7 Å². The van der Waals surface area contributed by atoms with Crippen LogP contribution in [-0.2, 0) is 0 Å². The van der Waals surface area contributed by atoms with Crippen molar-refractivity contribution in [2.75, 3.05) is 13.1 Å². The highest BCUT2D eigenvalue weighted by atomic mass is 35.5. The lowest BCUT2D eigenvalue weighted by atomic mass is 10.1. The number of nitrogens with two attached hydrogens (primary N) is 1. The Kier molecular flexibility index (Phi) is 5.69. The molecule has 2 N–H and O–H groups in total. The number of carbonyl (C=O) groups excluding carboxylic acids is 1. The number of hydrogen-bond acceptors (Lipinski definition) is 2. The molecule has 19 heavy (non-hydrogen) atoms. The Bertz CT molecular complexity index is 496. The Hall–Kier alpha value is -1.20. The highest BCUT2D eigenvalue weighted by Crippen LogP contribution is 2.19. The van der Waals surface area contributed by atoms with Crippen LogP contribution in [0.2, 0.25) is 5.02 Å². The van der Waals surface area contributed by atoms with Crippen molar-refractivity contribution in [3.8, 4) is 0 Å². The van der Waals surface area contributed by atoms with Gasteiger partial charge in [-0.05, 0) is 25.1 Å². The van der Waals surface area contributed by atoms with Gasteiger partial charge in [0.2, 0.25) is 0 Å². The minimum Gasteiger partial charge on any atom is -0.393 e. The first-order valence-electron chi connectivity index (χ1n) is 5.90. The van der Waals surface area contributed by atoms with Gasteiger partial charge >= 0.3 is 0 Å². The van der Waals surface area contributed by atoms with E-state index in [1.54, 1.807) is 4.90 Å². The Morgan fingerprint density at radius 1 is 1.58 bits per heavy atom. The molecule has 0 aliphatic carbocycles. The molecule has 0 aliphatic rings. The van der Waals surface area contributed by atoms with Gasteiger partial charge in [0, 0.05) is 19.0 Å². The predicted molar refractivity (Wildman–Crippen MR) is 78.9 cm³/mol. The topological polar surface area (TPSA) is 46.3 Å². The standard InChI is InChI=1S/C13H16ClFN2OS/c1-3-17(7-8(2)12(16)19)13(18)10-5-4-9(15)6-11(10)14/h4-6,8H,3,7H2,1-2H3,(H2,16,19). The Morgan fingerprint density at radius 3 is 2.68 bits per heavy atom. The van der Waals surface area contributed by atoms with E-state index in [9.17, 15) is 9.18 Å². The molecular weight excluding hydrogens is 287 g/mol. The van der Waals surface area contributed by atoms with Gasteiger partial charge in [0.25, 0.3) is 5.91 Å². The van der Waals surface area contributed by atoms with Crippen molar-refractivity contribution in [2.24, 2.45) is 11.7 Å². The first-order chi connectivity index (χ1) is 8.86. The maximum Gasteiger partial charge on any atom is 0.255 e. The van der Waals surface area contributed by atoms with Crippen molar-refractivity contribution < 1.29 is 9.18 Å². The average Bonchev–Trinajstić information content (AvgIpc) is 2.34. The third-order valence-electron chi connectivity index (χ3n) is 2.81. The van der Waals surface area contributed by atoms with Gasteiger partial charge in [-0.1, -0.05) is 30.7 Å². The van der Waals surface area contributed by atoms with Gasteiger partial charge in [-0.15, -0.1) is 0 Å². The largest absolute Gasteiger partial charge is 0.393 e. The predicted octanol–water partition coefficient (Wildman–Crippen LogP) is 2.86. The van der Waals surface area contributed by atoms with E-state index in [-0.39, 0.29) is 22.4 Å². The first kappa shape index (κ1) is 15.9. The number of nitrogens with zero attached hydrogens (tertiary/aromatic N) is 1. The van der Waals surface area contributed by atoms with E-state index in [1.807, 2.05) is 13.8 Å². The number of halogens is 2. The van der Waals surface area contributed by atoms with Crippen LogP contribution in [0.3, 0.4) is 0 Å². The minimum absolute atomic E-state index is 0.0851. The van der Waals surface area contributed by atoms with E-state index in [1.165, 1.54) is 12.1 Å². The van der Waals surface area contributed by atoms with Crippen molar-refractivity contribution in [2.45, 2.75) is 13.8 Å². The molecule has 0 heterocycles. The maximum absolute atomic E-state index is 13.0. The summed E-state index contributed by atoms with van der Waals surface area (Å²) in [5.41, 5.74) is 5.82. The summed E-state index contributed by atoms with van der Waals surface area (Å²) in [5.74, 6) is -0.810. The molecule has 1 aromatic carbocycles. The second-order valence-electron chi connectivity index (χ2n) is 4.27. The zero-order chi connectivity index (χ0) is 14.6. The second kappa shape index (κ2) is 6.82. The molecule has 1 atom stereocenters. The van der Waals surface area contributed by atoms with Gasteiger partial charge in [-0.2, -0.15) is 0 Å². The highest BCUT2D eigenvalue weighted by Gasteiger charge is 2.20. The summed E-state index contributed by atoms with van der Waals surface area (Å²) in [6, 6.07) is 3.72. The molecule has 0 spiro atoms. The molecule has 1 aromatic rings. The number of thiocarbonyl (C=S) groups is 1. The minimum atomic E-state index is -0.471. The maximum atomic E-state index is 13.0. The lowest BCUT2D eigenvalue weighted by Crippen LogP contribution is -2.38. The van der Waals surface area contributed by atoms with Gasteiger partial charge in [-0.3, -0.25) is 4.79 Å². The van der Waals surface area contributed by atoms with E-state index < -0.39 is 5.82 Å². The molecule has 1 amide bonds. The lowest BCUT2D eigenvalue weighted by molar-refractivity contribution is 0.0755. The van der Waals surface area contributed by atoms with Crippen LogP contribution in [0.5, 0.6) is 0 Å². The summed E-state index contributed by atoms with van der Waals surface area (Å²) >= 11 is 10.8. The van der Waals surface area contributed by atoms with Gasteiger partial charge < -0.3 is 10.6 Å². The molecule has 0 bridgehead atoms. The molecule has 3 nitrogen and oxygen atoms in total. The fourth-order valence-corrected chi connectivity index (χ4v) is 1.93. The van der Waals surface area contributed by atoms with Gasteiger partial charge in [0.15, 0.2) is 0 Å². The zero-order valence-electron chi connectivity index (χ0n) is 10.8. The number of hydrogen-bond donors (Lipinski definition) is 1. The van der Waals surface area contributed by atoms with Crippen molar-refractivity contribution in [3.05, 3.63) is 34.6 Å². The number of rotatable bonds is 5. The monoisotopic (exact) mass is 302 g/mol. The summed E-state index contributed by atoms with van der Waals surface area (Å²) in [6.45, 7) is 4.62. The van der Waals surface area contributed by atoms with Crippen LogP contribution in [-0.4, -0.2) is 28.9 Å². The molecule has 1 unspecified atom stereocenters. The van der Waals surface area contributed by atoms with Gasteiger partial charge in [-0.25, -0.2) is 4.39 Å². The Labute approximate surface area is 122 Å². The molecular formula is C13H16ClFN2OS. The fraction of sp³-hybridized carbons (Fsp3) is 0.385. The average molecular weight is 303 g/mol. The van der Waals surface area contributed by atoms with Crippen LogP contribution in [0.1, 0.15) is 24.2 Å². The Morgan fingerprint density at radius 2 is 2.21 bits per heavy atom. The molecule has 0 saturated heterocycles. The quantitative estimate of drug-likeness (QED) is 0.851. The molecule has 0 aliphatic heterocycles. The molecule has 1 rings (SSSR count). The van der Waals surface area contributed by atoms with Crippen LogP contribution in [0, 0.1) is 11.7 Å². The van der Waals surface area contributed by atoms with E-state index in [0.717, 1.165) is 6.07 Å². The van der Waals surface area contributed by atoms with E-state index in [2.05, 4.69) is 0 Å². The third-order valence-corrected chi connectivity index (χ3v) is 3.53. The highest BCUT2D eigenvalue weighted by molar-refractivity contribution is 7.80. The normalized spacial score (nSPS) is 12.0. The number of benzene rings is 1. The van der Waals surface area contributed by atoms with Crippen LogP contribution in [0.25, 0.3) is 0 Å². The second-order valence-corrected chi connectivity index (χ2v) is 5.15. The van der Waals surface area contributed by atoms with Gasteiger partial charge in [0.1, 0.15) is 5.82 Å². The summed E-state index contributed by atoms with van der Waals surface area (Å²) in [5, 5.41) is 0.103. The molecule has 0 fully saturated rings. The summed E-state index contributed by atoms with van der Waals surface area (Å²) in [4.78, 5) is 14.2. The molecule has 6 heteroatoms. The van der Waals surface area contributed by atoms with Gasteiger partial charge in [0.05, 0.1) is 15.6 Å². The zero-order valence-corrected chi connectivity index (χ0v) is 12.4. The fourth-order valence-electron chi connectivity index (χ4n) is 1.61. The third kappa shape index (κ3) is 4.14. The van der Waals surface area contributed by atoms with E-state index in [0.29, 0.717) is 18.1 Å². The summed E-state index contributed by atoms with van der Waals surface area (Å²) in [6.07, 6.45) is 0. The summed E-state index contributed by atoms with van der Waals surface area (Å²) in [7, 11) is 0. The molecule has 0 saturated carbocycles. The molecule has 0 aromatic heterocycles. The van der Waals surface area contributed by atoms with Crippen LogP contribution in [0.15, 0.2) is 18.2 Å². The first-order valence-corrected chi connectivity index (χ1v) is 6.69. The smallest absolute Gasteiger partial charge is 0.255 e. The van der Waals surface area contributed by atoms with E-state index in [4.69, 9.17) is 29.6 Å². The lowest BCUT2D eigenvalue weighted by Gasteiger charge is -2.24.